The number of hydrogen-bond acceptors (Lipinski definition) is 6. The molecule has 0 aliphatic rings. The average molecular weight is 384 g/mol. The van der Waals surface area contributed by atoms with Crippen molar-refractivity contribution in [3.63, 3.8) is 0 Å². The van der Waals surface area contributed by atoms with Gasteiger partial charge >= 0.3 is 5.69 Å². The summed E-state index contributed by atoms with van der Waals surface area (Å²) >= 11 is 6.14. The van der Waals surface area contributed by atoms with E-state index in [-0.39, 0.29) is 17.3 Å². The van der Waals surface area contributed by atoms with E-state index in [1.807, 2.05) is 42.5 Å². The number of halogens is 1. The van der Waals surface area contributed by atoms with Gasteiger partial charge in [-0.2, -0.15) is 0 Å². The van der Waals surface area contributed by atoms with E-state index in [0.717, 1.165) is 12.0 Å². The third-order valence-electron chi connectivity index (χ3n) is 4.03. The number of nitrogens with one attached hydrogen (secondary N) is 2. The summed E-state index contributed by atoms with van der Waals surface area (Å²) in [6.45, 7) is 2.37. The Balaban J connectivity index is 1.85. The fourth-order valence-corrected chi connectivity index (χ4v) is 2.76. The second kappa shape index (κ2) is 8.46. The smallest absolute Gasteiger partial charge is 0.353 e. The predicted molar refractivity (Wildman–Crippen MR) is 107 cm³/mol. The van der Waals surface area contributed by atoms with Crippen molar-refractivity contribution in [1.29, 1.82) is 0 Å². The van der Waals surface area contributed by atoms with Crippen LogP contribution in [-0.2, 0) is 13.0 Å². The van der Waals surface area contributed by atoms with E-state index in [1.165, 1.54) is 11.9 Å². The molecule has 3 rings (SSSR count). The molecular weight excluding hydrogens is 366 g/mol. The molecule has 0 aliphatic carbocycles. The first kappa shape index (κ1) is 18.6. The molecule has 2 aromatic carbocycles. The number of rotatable bonds is 7. The first-order valence-corrected chi connectivity index (χ1v) is 8.79. The largest absolute Gasteiger partial charge is 0.360 e. The molecule has 0 saturated carbocycles. The summed E-state index contributed by atoms with van der Waals surface area (Å²) in [5.41, 5.74) is 2.49. The Morgan fingerprint density at radius 3 is 2.44 bits per heavy atom. The minimum absolute atomic E-state index is 0.126. The van der Waals surface area contributed by atoms with Crippen molar-refractivity contribution in [2.45, 2.75) is 19.9 Å². The van der Waals surface area contributed by atoms with Gasteiger partial charge in [0.05, 0.1) is 4.92 Å². The Morgan fingerprint density at radius 1 is 1.07 bits per heavy atom. The van der Waals surface area contributed by atoms with Gasteiger partial charge in [0.2, 0.25) is 11.6 Å². The quantitative estimate of drug-likeness (QED) is 0.442. The fraction of sp³-hybridized carbons (Fsp3) is 0.158. The van der Waals surface area contributed by atoms with Crippen molar-refractivity contribution in [1.82, 2.24) is 9.97 Å². The lowest BCUT2D eigenvalue weighted by atomic mass is 10.1. The maximum Gasteiger partial charge on any atom is 0.353 e. The number of anilines is 3. The van der Waals surface area contributed by atoms with Crippen LogP contribution in [0.15, 0.2) is 54.9 Å². The van der Waals surface area contributed by atoms with Crippen LogP contribution in [0.1, 0.15) is 18.1 Å². The SMILES string of the molecule is CCc1ccc(Nc2ncnc(NCc3ccccc3Cl)c2[N+](=O)[O-])cc1. The van der Waals surface area contributed by atoms with E-state index in [0.29, 0.717) is 17.3 Å². The lowest BCUT2D eigenvalue weighted by Crippen LogP contribution is -2.08. The summed E-state index contributed by atoms with van der Waals surface area (Å²) in [5, 5.41) is 18.2. The first-order valence-electron chi connectivity index (χ1n) is 8.41. The van der Waals surface area contributed by atoms with Crippen molar-refractivity contribution in [3.05, 3.63) is 81.1 Å². The second-order valence-electron chi connectivity index (χ2n) is 5.80. The average Bonchev–Trinajstić information content (AvgIpc) is 2.68. The molecule has 0 aliphatic heterocycles. The Labute approximate surface area is 161 Å². The zero-order chi connectivity index (χ0) is 19.2. The van der Waals surface area contributed by atoms with Crippen LogP contribution in [0.2, 0.25) is 5.02 Å². The van der Waals surface area contributed by atoms with Crippen molar-refractivity contribution in [3.8, 4) is 0 Å². The number of aromatic nitrogens is 2. The number of benzene rings is 2. The first-order chi connectivity index (χ1) is 13.1. The van der Waals surface area contributed by atoms with Crippen LogP contribution in [0.3, 0.4) is 0 Å². The van der Waals surface area contributed by atoms with Gasteiger partial charge in [0, 0.05) is 17.3 Å². The van der Waals surface area contributed by atoms with E-state index in [4.69, 9.17) is 11.6 Å². The van der Waals surface area contributed by atoms with Crippen LogP contribution in [0.4, 0.5) is 23.0 Å². The molecule has 0 bridgehead atoms. The zero-order valence-electron chi connectivity index (χ0n) is 14.6. The maximum atomic E-state index is 11.6. The van der Waals surface area contributed by atoms with Crippen molar-refractivity contribution < 1.29 is 4.92 Å². The molecule has 0 spiro atoms. The molecule has 1 aromatic heterocycles. The predicted octanol–water partition coefficient (Wildman–Crippen LogP) is 4.96. The van der Waals surface area contributed by atoms with Gasteiger partial charge in [-0.25, -0.2) is 9.97 Å². The third-order valence-corrected chi connectivity index (χ3v) is 4.40. The van der Waals surface area contributed by atoms with Crippen LogP contribution < -0.4 is 10.6 Å². The summed E-state index contributed by atoms with van der Waals surface area (Å²) in [6.07, 6.45) is 2.20. The van der Waals surface area contributed by atoms with Crippen molar-refractivity contribution >= 4 is 34.6 Å². The van der Waals surface area contributed by atoms with Gasteiger partial charge in [-0.1, -0.05) is 48.9 Å². The van der Waals surface area contributed by atoms with Gasteiger partial charge in [0.15, 0.2) is 0 Å². The summed E-state index contributed by atoms with van der Waals surface area (Å²) in [4.78, 5) is 19.2. The van der Waals surface area contributed by atoms with Crippen LogP contribution in [-0.4, -0.2) is 14.9 Å². The van der Waals surface area contributed by atoms with Crippen molar-refractivity contribution in [2.24, 2.45) is 0 Å². The molecule has 27 heavy (non-hydrogen) atoms. The topological polar surface area (TPSA) is 93.0 Å². The molecule has 0 unspecified atom stereocenters. The standard InChI is InChI=1S/C19H18ClN5O2/c1-2-13-7-9-15(10-8-13)24-19-17(25(26)27)18(22-12-23-19)21-11-14-5-3-4-6-16(14)20/h3-10,12H,2,11H2,1H3,(H2,21,22,23,24). The van der Waals surface area contributed by atoms with Crippen molar-refractivity contribution in [2.75, 3.05) is 10.6 Å². The summed E-state index contributed by atoms with van der Waals surface area (Å²) in [6, 6.07) is 14.9. The molecule has 2 N–H and O–H groups in total. The molecule has 138 valence electrons. The van der Waals surface area contributed by atoms with E-state index >= 15 is 0 Å². The molecule has 0 saturated heterocycles. The Morgan fingerprint density at radius 2 is 1.78 bits per heavy atom. The fourth-order valence-electron chi connectivity index (χ4n) is 2.55. The number of nitrogens with zero attached hydrogens (tertiary/aromatic N) is 3. The monoisotopic (exact) mass is 383 g/mol. The van der Waals surface area contributed by atoms with Crippen LogP contribution in [0, 0.1) is 10.1 Å². The van der Waals surface area contributed by atoms with E-state index in [9.17, 15) is 10.1 Å². The van der Waals surface area contributed by atoms with E-state index in [2.05, 4.69) is 27.5 Å². The highest BCUT2D eigenvalue weighted by Gasteiger charge is 2.23. The van der Waals surface area contributed by atoms with Crippen LogP contribution in [0.25, 0.3) is 0 Å². The normalized spacial score (nSPS) is 10.4. The number of hydrogen-bond donors (Lipinski definition) is 2. The molecule has 0 fully saturated rings. The molecule has 8 heteroatoms. The zero-order valence-corrected chi connectivity index (χ0v) is 15.4. The van der Waals surface area contributed by atoms with E-state index in [1.54, 1.807) is 6.07 Å². The Hall–Kier alpha value is -3.19. The van der Waals surface area contributed by atoms with Gasteiger partial charge in [-0.05, 0) is 35.7 Å². The number of aryl methyl sites for hydroxylation is 1. The van der Waals surface area contributed by atoms with Crippen LogP contribution in [0.5, 0.6) is 0 Å². The summed E-state index contributed by atoms with van der Waals surface area (Å²) in [5.74, 6) is 0.253. The molecule has 0 amide bonds. The molecule has 0 radical (unpaired) electrons. The summed E-state index contributed by atoms with van der Waals surface area (Å²) < 4.78 is 0. The van der Waals surface area contributed by atoms with Gasteiger partial charge < -0.3 is 10.6 Å². The molecule has 1 heterocycles. The molecule has 0 atom stereocenters. The molecule has 7 nitrogen and oxygen atoms in total. The summed E-state index contributed by atoms with van der Waals surface area (Å²) in [7, 11) is 0. The van der Waals surface area contributed by atoms with Gasteiger partial charge in [-0.15, -0.1) is 0 Å². The van der Waals surface area contributed by atoms with Gasteiger partial charge in [0.25, 0.3) is 0 Å². The Kier molecular flexibility index (Phi) is 5.83. The number of nitro groups is 1. The minimum Gasteiger partial charge on any atom is -0.360 e. The lowest BCUT2D eigenvalue weighted by Gasteiger charge is -2.11. The maximum absolute atomic E-state index is 11.6. The Bertz CT molecular complexity index is 947. The highest BCUT2D eigenvalue weighted by molar-refractivity contribution is 6.31. The molecule has 3 aromatic rings. The third kappa shape index (κ3) is 4.51. The van der Waals surface area contributed by atoms with E-state index < -0.39 is 4.92 Å². The molecular formula is C19H18ClN5O2. The second-order valence-corrected chi connectivity index (χ2v) is 6.20. The van der Waals surface area contributed by atoms with Crippen LogP contribution >= 0.6 is 11.6 Å². The van der Waals surface area contributed by atoms with Gasteiger partial charge in [-0.3, -0.25) is 10.1 Å². The highest BCUT2D eigenvalue weighted by atomic mass is 35.5. The highest BCUT2D eigenvalue weighted by Crippen LogP contribution is 2.31. The lowest BCUT2D eigenvalue weighted by molar-refractivity contribution is -0.383. The minimum atomic E-state index is -0.502. The van der Waals surface area contributed by atoms with Gasteiger partial charge in [0.1, 0.15) is 6.33 Å².